The van der Waals surface area contributed by atoms with Crippen molar-refractivity contribution >= 4 is 44.9 Å². The van der Waals surface area contributed by atoms with E-state index in [0.29, 0.717) is 0 Å². The molecule has 0 atom stereocenters. The summed E-state index contributed by atoms with van der Waals surface area (Å²) < 4.78 is 21.8. The molecule has 0 amide bonds. The summed E-state index contributed by atoms with van der Waals surface area (Å²) >= 11 is 0. The van der Waals surface area contributed by atoms with E-state index in [4.69, 9.17) is 18.9 Å². The van der Waals surface area contributed by atoms with Crippen LogP contribution in [0.15, 0.2) is 182 Å². The Morgan fingerprint density at radius 2 is 0.500 bits per heavy atom. The molecule has 0 bridgehead atoms. The van der Waals surface area contributed by atoms with Crippen molar-refractivity contribution in [2.24, 2.45) is 0 Å². The fraction of sp³-hybridized carbons (Fsp3) is 0.0800. The molecule has 56 heavy (non-hydrogen) atoms. The van der Waals surface area contributed by atoms with Gasteiger partial charge in [0.1, 0.15) is 23.0 Å². The predicted molar refractivity (Wildman–Crippen MR) is 230 cm³/mol. The molecule has 0 unspecified atom stereocenters. The Bertz CT molecular complexity index is 2260. The van der Waals surface area contributed by atoms with Gasteiger partial charge in [0, 0.05) is 34.1 Å². The van der Waals surface area contributed by atoms with Crippen LogP contribution in [0.5, 0.6) is 23.0 Å². The molecule has 8 aromatic rings. The second-order valence-corrected chi connectivity index (χ2v) is 13.3. The Morgan fingerprint density at radius 3 is 0.732 bits per heavy atom. The number of anilines is 6. The third-order valence-electron chi connectivity index (χ3n) is 10.1. The first-order chi connectivity index (χ1) is 27.6. The molecule has 0 saturated carbocycles. The highest BCUT2D eigenvalue weighted by atomic mass is 16.5. The predicted octanol–water partition coefficient (Wildman–Crippen LogP) is 13.1. The van der Waals surface area contributed by atoms with Gasteiger partial charge in [-0.2, -0.15) is 0 Å². The Kier molecular flexibility index (Phi) is 10.3. The van der Waals surface area contributed by atoms with Crippen LogP contribution in [0.4, 0.5) is 34.1 Å². The molecule has 0 saturated heterocycles. The summed E-state index contributed by atoms with van der Waals surface area (Å²) in [6.07, 6.45) is 0. The van der Waals surface area contributed by atoms with Crippen molar-refractivity contribution in [3.8, 4) is 45.3 Å². The van der Waals surface area contributed by atoms with Gasteiger partial charge in [0.05, 0.1) is 28.4 Å². The Labute approximate surface area is 328 Å². The normalized spacial score (nSPS) is 10.9. The monoisotopic (exact) mass is 734 g/mol. The zero-order valence-corrected chi connectivity index (χ0v) is 31.8. The zero-order chi connectivity index (χ0) is 38.4. The first kappa shape index (κ1) is 35.8. The molecule has 0 N–H and O–H groups in total. The fourth-order valence-corrected chi connectivity index (χ4v) is 7.21. The highest BCUT2D eigenvalue weighted by Gasteiger charge is 2.16. The second-order valence-electron chi connectivity index (χ2n) is 13.3. The van der Waals surface area contributed by atoms with E-state index in [1.54, 1.807) is 28.4 Å². The van der Waals surface area contributed by atoms with E-state index < -0.39 is 0 Å². The van der Waals surface area contributed by atoms with Gasteiger partial charge in [-0.25, -0.2) is 0 Å². The summed E-state index contributed by atoms with van der Waals surface area (Å²) in [5.74, 6) is 3.26. The van der Waals surface area contributed by atoms with Crippen LogP contribution >= 0.6 is 0 Å². The molecular weight excluding hydrogens is 693 g/mol. The van der Waals surface area contributed by atoms with Crippen LogP contribution in [-0.4, -0.2) is 28.4 Å². The van der Waals surface area contributed by atoms with Crippen molar-refractivity contribution in [3.05, 3.63) is 182 Å². The molecule has 276 valence electrons. The van der Waals surface area contributed by atoms with Crippen LogP contribution in [0.2, 0.25) is 0 Å². The largest absolute Gasteiger partial charge is 0.497 e. The van der Waals surface area contributed by atoms with Crippen molar-refractivity contribution in [3.63, 3.8) is 0 Å². The molecular formula is C50H42N2O4. The maximum atomic E-state index is 5.44. The molecule has 6 nitrogen and oxygen atoms in total. The quantitative estimate of drug-likeness (QED) is 0.125. The number of hydrogen-bond donors (Lipinski definition) is 0. The van der Waals surface area contributed by atoms with Gasteiger partial charge in [0.2, 0.25) is 0 Å². The van der Waals surface area contributed by atoms with E-state index in [0.717, 1.165) is 68.2 Å². The lowest BCUT2D eigenvalue weighted by molar-refractivity contribution is 0.414. The summed E-state index contributed by atoms with van der Waals surface area (Å²) in [4.78, 5) is 4.47. The number of methoxy groups -OCH3 is 4. The van der Waals surface area contributed by atoms with Gasteiger partial charge in [-0.15, -0.1) is 0 Å². The Hall–Kier alpha value is -7.18. The second kappa shape index (κ2) is 16.0. The number of rotatable bonds is 12. The highest BCUT2D eigenvalue weighted by molar-refractivity contribution is 6.04. The molecule has 0 aliphatic rings. The van der Waals surface area contributed by atoms with Crippen LogP contribution < -0.4 is 28.7 Å². The molecule has 6 heteroatoms. The molecule has 0 fully saturated rings. The lowest BCUT2D eigenvalue weighted by atomic mass is 9.92. The molecule has 0 heterocycles. The van der Waals surface area contributed by atoms with E-state index in [9.17, 15) is 0 Å². The molecule has 0 radical (unpaired) electrons. The van der Waals surface area contributed by atoms with Gasteiger partial charge in [0.15, 0.2) is 0 Å². The molecule has 0 aliphatic heterocycles. The Balaban J connectivity index is 1.13. The summed E-state index contributed by atoms with van der Waals surface area (Å²) in [6.45, 7) is 0. The highest BCUT2D eigenvalue weighted by Crippen LogP contribution is 2.41. The van der Waals surface area contributed by atoms with E-state index in [-0.39, 0.29) is 0 Å². The van der Waals surface area contributed by atoms with Crippen molar-refractivity contribution < 1.29 is 18.9 Å². The van der Waals surface area contributed by atoms with Crippen molar-refractivity contribution in [1.29, 1.82) is 0 Å². The van der Waals surface area contributed by atoms with Gasteiger partial charge in [-0.05, 0) is 154 Å². The van der Waals surface area contributed by atoms with Crippen molar-refractivity contribution in [2.45, 2.75) is 0 Å². The zero-order valence-electron chi connectivity index (χ0n) is 31.8. The third-order valence-corrected chi connectivity index (χ3v) is 10.1. The topological polar surface area (TPSA) is 43.4 Å². The average Bonchev–Trinajstić information content (AvgIpc) is 3.27. The van der Waals surface area contributed by atoms with Gasteiger partial charge >= 0.3 is 0 Å². The molecule has 0 aliphatic carbocycles. The van der Waals surface area contributed by atoms with E-state index in [1.807, 2.05) is 48.5 Å². The fourth-order valence-electron chi connectivity index (χ4n) is 7.21. The minimum atomic E-state index is 0.814. The minimum Gasteiger partial charge on any atom is -0.497 e. The van der Waals surface area contributed by atoms with Gasteiger partial charge < -0.3 is 28.7 Å². The molecule has 0 spiro atoms. The number of ether oxygens (including phenoxy) is 4. The van der Waals surface area contributed by atoms with Gasteiger partial charge in [-0.3, -0.25) is 0 Å². The number of hydrogen-bond acceptors (Lipinski definition) is 6. The minimum absolute atomic E-state index is 0.814. The summed E-state index contributed by atoms with van der Waals surface area (Å²) in [7, 11) is 6.74. The third kappa shape index (κ3) is 7.20. The molecule has 8 aromatic carbocycles. The van der Waals surface area contributed by atoms with Crippen LogP contribution in [0.25, 0.3) is 33.0 Å². The van der Waals surface area contributed by atoms with Crippen LogP contribution in [-0.2, 0) is 0 Å². The van der Waals surface area contributed by atoms with E-state index >= 15 is 0 Å². The molecule has 0 aromatic heterocycles. The Morgan fingerprint density at radius 1 is 0.268 bits per heavy atom. The first-order valence-electron chi connectivity index (χ1n) is 18.5. The summed E-state index contributed by atoms with van der Waals surface area (Å²) in [5, 5.41) is 2.39. The average molecular weight is 735 g/mol. The number of benzene rings is 8. The summed E-state index contributed by atoms with van der Waals surface area (Å²) in [5.41, 5.74) is 10.8. The van der Waals surface area contributed by atoms with E-state index in [2.05, 4.69) is 143 Å². The lowest BCUT2D eigenvalue weighted by Crippen LogP contribution is -2.09. The summed E-state index contributed by atoms with van der Waals surface area (Å²) in [6, 6.07) is 63.2. The SMILES string of the molecule is COc1ccc(N(c2ccc(OC)cc2)c2ccc(-c3cccc4c(-c5ccc(N(c6ccc(OC)cc6)c6ccc(OC)cc6)cc5)cccc34)cc2)cc1. The maximum absolute atomic E-state index is 5.44. The standard InChI is InChI=1S/C50H42N2O4/c1-53-43-27-19-39(20-28-43)51(40-21-29-44(54-2)30-22-40)37-15-11-35(12-16-37)47-7-5-10-50-48(8-6-9-49(47)50)36-13-17-38(18-14-36)52(41-23-31-45(55-3)32-24-41)42-25-33-46(56-4)34-26-42/h5-34H,1-4H3. The lowest BCUT2D eigenvalue weighted by Gasteiger charge is -2.26. The van der Waals surface area contributed by atoms with Crippen LogP contribution in [0.3, 0.4) is 0 Å². The number of nitrogens with zero attached hydrogens (tertiary/aromatic N) is 2. The van der Waals surface area contributed by atoms with Crippen LogP contribution in [0, 0.1) is 0 Å². The van der Waals surface area contributed by atoms with Crippen molar-refractivity contribution in [1.82, 2.24) is 0 Å². The molecule has 8 rings (SSSR count). The van der Waals surface area contributed by atoms with E-state index in [1.165, 1.54) is 21.9 Å². The number of fused-ring (bicyclic) bond motifs is 1. The van der Waals surface area contributed by atoms with Crippen molar-refractivity contribution in [2.75, 3.05) is 38.2 Å². The van der Waals surface area contributed by atoms with Crippen LogP contribution in [0.1, 0.15) is 0 Å². The maximum Gasteiger partial charge on any atom is 0.119 e. The smallest absolute Gasteiger partial charge is 0.119 e. The first-order valence-corrected chi connectivity index (χ1v) is 18.5. The van der Waals surface area contributed by atoms with Gasteiger partial charge in [-0.1, -0.05) is 60.7 Å². The van der Waals surface area contributed by atoms with Gasteiger partial charge in [0.25, 0.3) is 0 Å².